The summed E-state index contributed by atoms with van der Waals surface area (Å²) < 4.78 is 14.1. The minimum absolute atomic E-state index is 0.0109. The molecule has 0 fully saturated rings. The van der Waals surface area contributed by atoms with E-state index in [1.165, 1.54) is 12.1 Å². The molecule has 0 aliphatic carbocycles. The number of aryl methyl sites for hydroxylation is 1. The van der Waals surface area contributed by atoms with E-state index < -0.39 is 17.8 Å². The fraction of sp³-hybridized carbons (Fsp3) is 0.333. The summed E-state index contributed by atoms with van der Waals surface area (Å²) in [5.74, 6) is -1.31. The molecule has 0 aliphatic rings. The second kappa shape index (κ2) is 12.4. The van der Waals surface area contributed by atoms with Crippen molar-refractivity contribution in [3.8, 4) is 11.1 Å². The van der Waals surface area contributed by atoms with Crippen molar-refractivity contribution < 1.29 is 19.1 Å². The van der Waals surface area contributed by atoms with Gasteiger partial charge in [0.25, 0.3) is 0 Å². The fourth-order valence-corrected chi connectivity index (χ4v) is 4.48. The summed E-state index contributed by atoms with van der Waals surface area (Å²) in [6.45, 7) is 11.3. The number of hydrogen-bond donors (Lipinski definition) is 3. The maximum atomic E-state index is 14.1. The molecule has 0 aliphatic heterocycles. The highest BCUT2D eigenvalue weighted by molar-refractivity contribution is 6.03. The molecule has 3 aromatic rings. The van der Waals surface area contributed by atoms with Gasteiger partial charge in [0, 0.05) is 18.3 Å². The van der Waals surface area contributed by atoms with Crippen LogP contribution in [-0.2, 0) is 0 Å². The van der Waals surface area contributed by atoms with Gasteiger partial charge in [-0.1, -0.05) is 51.5 Å². The number of nitrogens with zero attached hydrogens (tertiary/aromatic N) is 1. The molecule has 0 spiro atoms. The largest absolute Gasteiger partial charge is 0.478 e. The molecule has 2 amide bonds. The Morgan fingerprint density at radius 3 is 2.22 bits per heavy atom. The number of carbonyl (C=O) groups is 2. The standard InChI is InChI=1S/C30H36FN3O3/c1-6-24(7-2)34(18-19(3)4)28-15-10-21(26-17-22(31)11-14-25(26)29(35)36)16-27(28)33-30(37)32-23-12-8-20(5)9-13-23/h8-17,19,24H,6-7,18H2,1-5H3,(H,35,36)(H2,32,33,37). The summed E-state index contributed by atoms with van der Waals surface area (Å²) in [6.07, 6.45) is 1.85. The predicted octanol–water partition coefficient (Wildman–Crippen LogP) is 7.79. The Morgan fingerprint density at radius 2 is 1.62 bits per heavy atom. The van der Waals surface area contributed by atoms with E-state index >= 15 is 0 Å². The SMILES string of the molecule is CCC(CC)N(CC(C)C)c1ccc(-c2cc(F)ccc2C(=O)O)cc1NC(=O)Nc1ccc(C)cc1. The van der Waals surface area contributed by atoms with E-state index in [-0.39, 0.29) is 17.2 Å². The minimum Gasteiger partial charge on any atom is -0.478 e. The summed E-state index contributed by atoms with van der Waals surface area (Å²) in [5, 5.41) is 15.5. The fourth-order valence-electron chi connectivity index (χ4n) is 4.48. The Morgan fingerprint density at radius 1 is 0.946 bits per heavy atom. The molecule has 0 saturated heterocycles. The van der Waals surface area contributed by atoms with Crippen LogP contribution in [0.3, 0.4) is 0 Å². The predicted molar refractivity (Wildman–Crippen MR) is 149 cm³/mol. The van der Waals surface area contributed by atoms with Gasteiger partial charge < -0.3 is 20.6 Å². The molecule has 0 atom stereocenters. The number of carbonyl (C=O) groups excluding carboxylic acids is 1. The van der Waals surface area contributed by atoms with Crippen LogP contribution in [0.25, 0.3) is 11.1 Å². The lowest BCUT2D eigenvalue weighted by Crippen LogP contribution is -2.38. The van der Waals surface area contributed by atoms with Crippen LogP contribution < -0.4 is 15.5 Å². The van der Waals surface area contributed by atoms with E-state index in [4.69, 9.17) is 0 Å². The Bertz CT molecular complexity index is 1240. The van der Waals surface area contributed by atoms with Gasteiger partial charge in [0.15, 0.2) is 0 Å². The lowest BCUT2D eigenvalue weighted by atomic mass is 9.97. The van der Waals surface area contributed by atoms with Crippen LogP contribution in [0.4, 0.5) is 26.2 Å². The van der Waals surface area contributed by atoms with Gasteiger partial charge in [-0.3, -0.25) is 0 Å². The van der Waals surface area contributed by atoms with Crippen LogP contribution in [0.2, 0.25) is 0 Å². The summed E-state index contributed by atoms with van der Waals surface area (Å²) >= 11 is 0. The van der Waals surface area contributed by atoms with Gasteiger partial charge >= 0.3 is 12.0 Å². The van der Waals surface area contributed by atoms with E-state index in [9.17, 15) is 19.1 Å². The highest BCUT2D eigenvalue weighted by atomic mass is 19.1. The number of halogens is 1. The van der Waals surface area contributed by atoms with Crippen molar-refractivity contribution in [1.29, 1.82) is 0 Å². The number of aromatic carboxylic acids is 1. The number of amides is 2. The van der Waals surface area contributed by atoms with Gasteiger partial charge in [-0.15, -0.1) is 0 Å². The molecular weight excluding hydrogens is 469 g/mol. The van der Waals surface area contributed by atoms with Gasteiger partial charge in [0.05, 0.1) is 16.9 Å². The number of nitrogens with one attached hydrogen (secondary N) is 2. The van der Waals surface area contributed by atoms with E-state index in [1.54, 1.807) is 12.1 Å². The zero-order valence-corrected chi connectivity index (χ0v) is 22.1. The second-order valence-corrected chi connectivity index (χ2v) is 9.69. The first kappa shape index (κ1) is 27.7. The van der Waals surface area contributed by atoms with Crippen LogP contribution in [0.1, 0.15) is 56.5 Å². The lowest BCUT2D eigenvalue weighted by Gasteiger charge is -2.35. The maximum absolute atomic E-state index is 14.1. The van der Waals surface area contributed by atoms with E-state index in [0.717, 1.165) is 36.7 Å². The normalized spacial score (nSPS) is 11.0. The van der Waals surface area contributed by atoms with Crippen molar-refractivity contribution in [3.63, 3.8) is 0 Å². The number of benzene rings is 3. The van der Waals surface area contributed by atoms with Gasteiger partial charge in [0.2, 0.25) is 0 Å². The summed E-state index contributed by atoms with van der Waals surface area (Å²) in [6, 6.07) is 16.3. The van der Waals surface area contributed by atoms with Crippen LogP contribution in [0, 0.1) is 18.7 Å². The molecule has 0 saturated carbocycles. The number of carboxylic acid groups (broad SMARTS) is 1. The van der Waals surface area contributed by atoms with E-state index in [1.807, 2.05) is 37.3 Å². The monoisotopic (exact) mass is 505 g/mol. The van der Waals surface area contributed by atoms with Crippen molar-refractivity contribution in [3.05, 3.63) is 77.6 Å². The maximum Gasteiger partial charge on any atom is 0.336 e. The molecule has 6 nitrogen and oxygen atoms in total. The molecule has 196 valence electrons. The first-order valence-electron chi connectivity index (χ1n) is 12.7. The molecule has 3 N–H and O–H groups in total. The molecule has 0 bridgehead atoms. The summed E-state index contributed by atoms with van der Waals surface area (Å²) in [7, 11) is 0. The van der Waals surface area contributed by atoms with Crippen LogP contribution in [-0.4, -0.2) is 29.7 Å². The number of rotatable bonds is 10. The molecule has 3 aromatic carbocycles. The average molecular weight is 506 g/mol. The third-order valence-corrected chi connectivity index (χ3v) is 6.33. The molecule has 0 aromatic heterocycles. The third kappa shape index (κ3) is 7.09. The first-order valence-corrected chi connectivity index (χ1v) is 12.7. The number of carboxylic acids is 1. The van der Waals surface area contributed by atoms with Gasteiger partial charge in [-0.25, -0.2) is 14.0 Å². The third-order valence-electron chi connectivity index (χ3n) is 6.33. The van der Waals surface area contributed by atoms with E-state index in [0.29, 0.717) is 22.9 Å². The van der Waals surface area contributed by atoms with Gasteiger partial charge in [-0.05, 0) is 79.3 Å². The lowest BCUT2D eigenvalue weighted by molar-refractivity contribution is 0.0697. The molecule has 3 rings (SSSR count). The zero-order valence-electron chi connectivity index (χ0n) is 22.1. The van der Waals surface area contributed by atoms with Crippen molar-refractivity contribution in [2.75, 3.05) is 22.1 Å². The van der Waals surface area contributed by atoms with Crippen molar-refractivity contribution >= 4 is 29.1 Å². The quantitative estimate of drug-likeness (QED) is 0.263. The van der Waals surface area contributed by atoms with Crippen molar-refractivity contribution in [2.45, 2.75) is 53.5 Å². The van der Waals surface area contributed by atoms with Crippen LogP contribution in [0.5, 0.6) is 0 Å². The van der Waals surface area contributed by atoms with Crippen LogP contribution >= 0.6 is 0 Å². The smallest absolute Gasteiger partial charge is 0.336 e. The Hall–Kier alpha value is -3.87. The number of hydrogen-bond acceptors (Lipinski definition) is 3. The van der Waals surface area contributed by atoms with Crippen molar-refractivity contribution in [2.24, 2.45) is 5.92 Å². The molecule has 0 radical (unpaired) electrons. The number of urea groups is 1. The Balaban J connectivity index is 2.10. The summed E-state index contributed by atoms with van der Waals surface area (Å²) in [5.41, 5.74) is 3.83. The highest BCUT2D eigenvalue weighted by Gasteiger charge is 2.22. The molecular formula is C30H36FN3O3. The van der Waals surface area contributed by atoms with Gasteiger partial charge in [-0.2, -0.15) is 0 Å². The van der Waals surface area contributed by atoms with Crippen LogP contribution in [0.15, 0.2) is 60.7 Å². The number of anilines is 3. The molecule has 37 heavy (non-hydrogen) atoms. The minimum atomic E-state index is -1.15. The zero-order chi connectivity index (χ0) is 27.1. The molecule has 0 heterocycles. The Labute approximate surface area is 218 Å². The topological polar surface area (TPSA) is 81.7 Å². The summed E-state index contributed by atoms with van der Waals surface area (Å²) in [4.78, 5) is 27.2. The first-order chi connectivity index (χ1) is 17.6. The van der Waals surface area contributed by atoms with E-state index in [2.05, 4.69) is 43.2 Å². The Kier molecular flexibility index (Phi) is 9.28. The van der Waals surface area contributed by atoms with Gasteiger partial charge in [0.1, 0.15) is 5.82 Å². The molecule has 7 heteroatoms. The molecule has 0 unspecified atom stereocenters. The highest BCUT2D eigenvalue weighted by Crippen LogP contribution is 2.36. The van der Waals surface area contributed by atoms with Crippen molar-refractivity contribution in [1.82, 2.24) is 0 Å². The average Bonchev–Trinajstić information content (AvgIpc) is 2.85. The second-order valence-electron chi connectivity index (χ2n) is 9.69.